The quantitative estimate of drug-likeness (QED) is 0.391. The second kappa shape index (κ2) is 7.35. The third-order valence-corrected chi connectivity index (χ3v) is 5.56. The highest BCUT2D eigenvalue weighted by Gasteiger charge is 2.45. The van der Waals surface area contributed by atoms with Gasteiger partial charge in [-0.05, 0) is 24.3 Å². The van der Waals surface area contributed by atoms with Gasteiger partial charge in [0, 0.05) is 9.92 Å². The van der Waals surface area contributed by atoms with E-state index in [0.717, 1.165) is 4.90 Å². The molecule has 10 nitrogen and oxygen atoms in total. The fourth-order valence-electron chi connectivity index (χ4n) is 2.98. The number of anilines is 1. The van der Waals surface area contributed by atoms with Gasteiger partial charge in [-0.25, -0.2) is 4.98 Å². The third kappa shape index (κ3) is 3.26. The van der Waals surface area contributed by atoms with Crippen molar-refractivity contribution >= 4 is 40.5 Å². The average molecular weight is 426 g/mol. The number of imidazole rings is 1. The Kier molecular flexibility index (Phi) is 5.04. The van der Waals surface area contributed by atoms with Gasteiger partial charge in [-0.3, -0.25) is 14.3 Å². The van der Waals surface area contributed by atoms with Crippen LogP contribution in [0.4, 0.5) is 5.95 Å². The van der Waals surface area contributed by atoms with Crippen LogP contribution in [0.3, 0.4) is 0 Å². The number of aliphatic hydroxyl groups is 3. The van der Waals surface area contributed by atoms with Crippen molar-refractivity contribution in [2.24, 2.45) is 0 Å². The van der Waals surface area contributed by atoms with Crippen LogP contribution in [-0.4, -0.2) is 59.8 Å². The van der Waals surface area contributed by atoms with Crippen LogP contribution in [0.5, 0.6) is 0 Å². The van der Waals surface area contributed by atoms with E-state index in [0.29, 0.717) is 5.02 Å². The van der Waals surface area contributed by atoms with Crippen LogP contribution in [0.15, 0.2) is 39.1 Å². The monoisotopic (exact) mass is 425 g/mol. The Morgan fingerprint density at radius 1 is 1.25 bits per heavy atom. The van der Waals surface area contributed by atoms with E-state index in [9.17, 15) is 20.1 Å². The summed E-state index contributed by atoms with van der Waals surface area (Å²) < 4.78 is 7.00. The minimum absolute atomic E-state index is 0.00315. The first-order valence-corrected chi connectivity index (χ1v) is 9.42. The third-order valence-electron chi connectivity index (χ3n) is 4.33. The highest BCUT2D eigenvalue weighted by atomic mass is 35.5. The van der Waals surface area contributed by atoms with Crippen molar-refractivity contribution in [1.82, 2.24) is 19.5 Å². The largest absolute Gasteiger partial charge is 0.394 e. The predicted octanol–water partition coefficient (Wildman–Crippen LogP) is 0.118. The summed E-state index contributed by atoms with van der Waals surface area (Å²) in [4.78, 5) is 23.8. The standard InChI is InChI=1S/C16H16ClN5O5S/c17-6-1-3-7(4-2-6)28-16-19-9-12(20-15(18)21-13(9)26)22(16)14-11(25)10(24)8(5-23)27-14/h1-4,8,10-11,14,23-25H,5H2,(H3,18,20,21,26). The summed E-state index contributed by atoms with van der Waals surface area (Å²) in [7, 11) is 0. The van der Waals surface area contributed by atoms with Gasteiger partial charge in [-0.1, -0.05) is 23.4 Å². The van der Waals surface area contributed by atoms with Crippen molar-refractivity contribution in [1.29, 1.82) is 0 Å². The maximum Gasteiger partial charge on any atom is 0.280 e. The SMILES string of the molecule is Nc1nc2c(nc(Sc3ccc(Cl)cc3)n2C2OC(CO)C(O)C2O)c(=O)[nH]1. The molecule has 4 rings (SSSR count). The summed E-state index contributed by atoms with van der Waals surface area (Å²) in [6.07, 6.45) is -4.81. The van der Waals surface area contributed by atoms with Crippen molar-refractivity contribution in [3.8, 4) is 0 Å². The molecule has 12 heteroatoms. The number of nitrogens with one attached hydrogen (secondary N) is 1. The van der Waals surface area contributed by atoms with E-state index in [4.69, 9.17) is 22.1 Å². The summed E-state index contributed by atoms with van der Waals surface area (Å²) in [6, 6.07) is 6.93. The molecule has 0 bridgehead atoms. The minimum Gasteiger partial charge on any atom is -0.394 e. The molecule has 0 saturated carbocycles. The van der Waals surface area contributed by atoms with Gasteiger partial charge >= 0.3 is 0 Å². The van der Waals surface area contributed by atoms with Crippen molar-refractivity contribution < 1.29 is 20.1 Å². The Hall–Kier alpha value is -2.15. The number of hydrogen-bond donors (Lipinski definition) is 5. The molecule has 1 aliphatic rings. The zero-order chi connectivity index (χ0) is 20.0. The number of aromatic amines is 1. The Labute approximate surface area is 166 Å². The fraction of sp³-hybridized carbons (Fsp3) is 0.312. The fourth-order valence-corrected chi connectivity index (χ4v) is 4.02. The lowest BCUT2D eigenvalue weighted by molar-refractivity contribution is -0.0548. The molecule has 3 aromatic rings. The number of nitrogens with zero attached hydrogens (tertiary/aromatic N) is 3. The van der Waals surface area contributed by atoms with E-state index in [1.165, 1.54) is 16.3 Å². The topological polar surface area (TPSA) is 160 Å². The van der Waals surface area contributed by atoms with Gasteiger partial charge in [0.1, 0.15) is 18.3 Å². The Balaban J connectivity index is 1.87. The van der Waals surface area contributed by atoms with Crippen molar-refractivity contribution in [3.63, 3.8) is 0 Å². The average Bonchev–Trinajstić information content (AvgIpc) is 3.15. The normalized spacial score (nSPS) is 24.9. The molecule has 4 unspecified atom stereocenters. The summed E-state index contributed by atoms with van der Waals surface area (Å²) in [5.74, 6) is -0.131. The zero-order valence-electron chi connectivity index (χ0n) is 14.2. The zero-order valence-corrected chi connectivity index (χ0v) is 15.8. The Bertz CT molecular complexity index is 1070. The molecule has 0 spiro atoms. The number of aliphatic hydroxyl groups excluding tert-OH is 3. The van der Waals surface area contributed by atoms with E-state index >= 15 is 0 Å². The van der Waals surface area contributed by atoms with Gasteiger partial charge in [-0.2, -0.15) is 4.98 Å². The molecule has 1 fully saturated rings. The van der Waals surface area contributed by atoms with E-state index < -0.39 is 36.7 Å². The first-order valence-electron chi connectivity index (χ1n) is 8.22. The van der Waals surface area contributed by atoms with Gasteiger partial charge in [-0.15, -0.1) is 0 Å². The second-order valence-corrected chi connectivity index (χ2v) is 7.65. The molecule has 6 N–H and O–H groups in total. The number of benzene rings is 1. The Morgan fingerprint density at radius 2 is 1.96 bits per heavy atom. The number of hydrogen-bond acceptors (Lipinski definition) is 9. The molecule has 0 aliphatic carbocycles. The van der Waals surface area contributed by atoms with Crippen LogP contribution in [0, 0.1) is 0 Å². The smallest absolute Gasteiger partial charge is 0.280 e. The molecule has 4 atom stereocenters. The highest BCUT2D eigenvalue weighted by molar-refractivity contribution is 7.99. The molecule has 2 aromatic heterocycles. The molecular weight excluding hydrogens is 410 g/mol. The molecule has 28 heavy (non-hydrogen) atoms. The number of H-pyrrole nitrogens is 1. The summed E-state index contributed by atoms with van der Waals surface area (Å²) in [5, 5.41) is 30.8. The van der Waals surface area contributed by atoms with Crippen LogP contribution in [-0.2, 0) is 4.74 Å². The predicted molar refractivity (Wildman–Crippen MR) is 101 cm³/mol. The first kappa shape index (κ1) is 19.2. The van der Waals surface area contributed by atoms with Crippen molar-refractivity contribution in [3.05, 3.63) is 39.6 Å². The van der Waals surface area contributed by atoms with Crippen molar-refractivity contribution in [2.75, 3.05) is 12.3 Å². The van der Waals surface area contributed by atoms with E-state index in [1.807, 2.05) is 0 Å². The van der Waals surface area contributed by atoms with E-state index in [2.05, 4.69) is 15.0 Å². The van der Waals surface area contributed by atoms with E-state index in [1.54, 1.807) is 24.3 Å². The second-order valence-electron chi connectivity index (χ2n) is 6.17. The molecule has 1 saturated heterocycles. The minimum atomic E-state index is -1.37. The van der Waals surface area contributed by atoms with Gasteiger partial charge in [0.2, 0.25) is 5.95 Å². The molecule has 148 valence electrons. The highest BCUT2D eigenvalue weighted by Crippen LogP contribution is 2.37. The number of nitrogens with two attached hydrogens (primary N) is 1. The Morgan fingerprint density at radius 3 is 2.61 bits per heavy atom. The number of fused-ring (bicyclic) bond motifs is 1. The summed E-state index contributed by atoms with van der Waals surface area (Å²) in [6.45, 7) is -0.489. The van der Waals surface area contributed by atoms with Gasteiger partial charge in [0.25, 0.3) is 5.56 Å². The summed E-state index contributed by atoms with van der Waals surface area (Å²) >= 11 is 7.10. The lowest BCUT2D eigenvalue weighted by Gasteiger charge is -2.19. The van der Waals surface area contributed by atoms with Crippen molar-refractivity contribution in [2.45, 2.75) is 34.6 Å². The van der Waals surface area contributed by atoms with E-state index in [-0.39, 0.29) is 22.3 Å². The van der Waals surface area contributed by atoms with Crippen LogP contribution in [0.2, 0.25) is 5.02 Å². The maximum atomic E-state index is 12.3. The molecule has 1 aromatic carbocycles. The number of halogens is 1. The lowest BCUT2D eigenvalue weighted by atomic mass is 10.1. The number of aromatic nitrogens is 4. The molecule has 0 amide bonds. The first-order chi connectivity index (χ1) is 13.4. The molecular formula is C16H16ClN5O5S. The maximum absolute atomic E-state index is 12.3. The van der Waals surface area contributed by atoms with Gasteiger partial charge in [0.05, 0.1) is 6.61 Å². The van der Waals surface area contributed by atoms with Crippen LogP contribution in [0.25, 0.3) is 11.2 Å². The van der Waals surface area contributed by atoms with Crippen LogP contribution < -0.4 is 11.3 Å². The molecule has 3 heterocycles. The van der Waals surface area contributed by atoms with Crippen LogP contribution >= 0.6 is 23.4 Å². The molecule has 1 aliphatic heterocycles. The van der Waals surface area contributed by atoms with Gasteiger partial charge in [0.15, 0.2) is 22.5 Å². The number of ether oxygens (including phenoxy) is 1. The van der Waals surface area contributed by atoms with Gasteiger partial charge < -0.3 is 25.8 Å². The number of nitrogen functional groups attached to an aromatic ring is 1. The summed E-state index contributed by atoms with van der Waals surface area (Å²) in [5.41, 5.74) is 5.21. The van der Waals surface area contributed by atoms with Crippen LogP contribution in [0.1, 0.15) is 6.23 Å². The number of rotatable bonds is 4. The molecule has 0 radical (unpaired) electrons. The lowest BCUT2D eigenvalue weighted by Crippen LogP contribution is -2.33.